The van der Waals surface area contributed by atoms with Gasteiger partial charge in [0.15, 0.2) is 6.29 Å². The fourth-order valence-corrected chi connectivity index (χ4v) is 4.52. The number of rotatable bonds is 5. The van der Waals surface area contributed by atoms with E-state index in [1.807, 2.05) is 42.9 Å². The maximum atomic E-state index is 5.61. The summed E-state index contributed by atoms with van der Waals surface area (Å²) >= 11 is 0. The second-order valence-electron chi connectivity index (χ2n) is 8.03. The molecule has 0 saturated carbocycles. The van der Waals surface area contributed by atoms with E-state index in [1.165, 1.54) is 0 Å². The van der Waals surface area contributed by atoms with Crippen molar-refractivity contribution in [2.24, 2.45) is 4.99 Å². The molecule has 31 heavy (non-hydrogen) atoms. The number of morpholine rings is 1. The Morgan fingerprint density at radius 2 is 2.13 bits per heavy atom. The van der Waals surface area contributed by atoms with Crippen molar-refractivity contribution in [2.45, 2.75) is 24.7 Å². The van der Waals surface area contributed by atoms with E-state index in [2.05, 4.69) is 61.5 Å². The standard InChI is InChI=1S/C23H27N7O/c1-23(9-3-2-6-19(23)20-7-12-26-28-20)30-21(27-18-5-4-10-24-17-18)8-11-25-22(30)29-13-15-31-16-14-29/h2-12,17,19,22,27H,13-16H2,1H3,(H,26,28). The molecule has 1 aliphatic carbocycles. The van der Waals surface area contributed by atoms with Gasteiger partial charge in [0.25, 0.3) is 0 Å². The Morgan fingerprint density at radius 3 is 2.90 bits per heavy atom. The van der Waals surface area contributed by atoms with Gasteiger partial charge in [-0.25, -0.2) is 0 Å². The van der Waals surface area contributed by atoms with Crippen LogP contribution >= 0.6 is 0 Å². The molecule has 0 radical (unpaired) electrons. The van der Waals surface area contributed by atoms with Crippen LogP contribution in [-0.2, 0) is 4.74 Å². The molecule has 5 rings (SSSR count). The van der Waals surface area contributed by atoms with E-state index in [-0.39, 0.29) is 12.2 Å². The van der Waals surface area contributed by atoms with Gasteiger partial charge in [-0.05, 0) is 31.2 Å². The van der Waals surface area contributed by atoms with Crippen LogP contribution in [0.25, 0.3) is 0 Å². The van der Waals surface area contributed by atoms with Crippen LogP contribution in [-0.4, -0.2) is 69.3 Å². The fraction of sp³-hybridized carbons (Fsp3) is 0.348. The lowest BCUT2D eigenvalue weighted by molar-refractivity contribution is -0.0443. The van der Waals surface area contributed by atoms with Crippen molar-refractivity contribution in [3.05, 3.63) is 78.7 Å². The van der Waals surface area contributed by atoms with Crippen molar-refractivity contribution in [1.29, 1.82) is 0 Å². The van der Waals surface area contributed by atoms with Gasteiger partial charge in [-0.3, -0.25) is 20.0 Å². The number of aliphatic imine (C=N–C) groups is 1. The molecular weight excluding hydrogens is 390 g/mol. The highest BCUT2D eigenvalue weighted by Gasteiger charge is 2.46. The zero-order valence-corrected chi connectivity index (χ0v) is 17.6. The van der Waals surface area contributed by atoms with Gasteiger partial charge >= 0.3 is 0 Å². The van der Waals surface area contributed by atoms with Crippen molar-refractivity contribution in [3.63, 3.8) is 0 Å². The minimum Gasteiger partial charge on any atom is -0.379 e. The van der Waals surface area contributed by atoms with E-state index >= 15 is 0 Å². The largest absolute Gasteiger partial charge is 0.379 e. The molecule has 0 spiro atoms. The van der Waals surface area contributed by atoms with Crippen LogP contribution in [0.2, 0.25) is 0 Å². The second-order valence-corrected chi connectivity index (χ2v) is 8.03. The number of pyridine rings is 1. The van der Waals surface area contributed by atoms with Crippen molar-refractivity contribution in [1.82, 2.24) is 25.0 Å². The molecule has 2 aromatic rings. The zero-order chi connectivity index (χ0) is 21.1. The molecule has 1 saturated heterocycles. The van der Waals surface area contributed by atoms with Crippen molar-refractivity contribution in [3.8, 4) is 0 Å². The number of hydrogen-bond acceptors (Lipinski definition) is 7. The molecule has 2 N–H and O–H groups in total. The minimum absolute atomic E-state index is 0.0553. The molecule has 160 valence electrons. The molecule has 2 aliphatic heterocycles. The Bertz CT molecular complexity index is 992. The van der Waals surface area contributed by atoms with Crippen LogP contribution < -0.4 is 5.32 Å². The zero-order valence-electron chi connectivity index (χ0n) is 17.6. The van der Waals surface area contributed by atoms with Crippen molar-refractivity contribution >= 4 is 11.9 Å². The Hall–Kier alpha value is -3.23. The first-order valence-electron chi connectivity index (χ1n) is 10.6. The average molecular weight is 418 g/mol. The molecular formula is C23H27N7O. The lowest BCUT2D eigenvalue weighted by Gasteiger charge is -2.52. The van der Waals surface area contributed by atoms with Gasteiger partial charge in [-0.15, -0.1) is 0 Å². The van der Waals surface area contributed by atoms with Gasteiger partial charge < -0.3 is 15.0 Å². The van der Waals surface area contributed by atoms with Crippen LogP contribution in [0.15, 0.2) is 78.0 Å². The number of nitrogens with one attached hydrogen (secondary N) is 2. The lowest BCUT2D eigenvalue weighted by atomic mass is 9.78. The number of aromatic amines is 1. The highest BCUT2D eigenvalue weighted by Crippen LogP contribution is 2.42. The number of hydrogen-bond donors (Lipinski definition) is 2. The maximum Gasteiger partial charge on any atom is 0.180 e. The molecule has 8 nitrogen and oxygen atoms in total. The molecule has 3 unspecified atom stereocenters. The third-order valence-electron chi connectivity index (χ3n) is 6.09. The SMILES string of the molecule is CC1(N2C(Nc3cccnc3)=CC=NC2N2CCOCC2)C=CC=CC1c1cc[nH]n1. The predicted molar refractivity (Wildman–Crippen MR) is 120 cm³/mol. The van der Waals surface area contributed by atoms with E-state index in [4.69, 9.17) is 9.73 Å². The Balaban J connectivity index is 1.56. The summed E-state index contributed by atoms with van der Waals surface area (Å²) < 4.78 is 5.61. The first-order valence-corrected chi connectivity index (χ1v) is 10.6. The van der Waals surface area contributed by atoms with Crippen LogP contribution in [0.3, 0.4) is 0 Å². The van der Waals surface area contributed by atoms with Gasteiger partial charge in [0.05, 0.1) is 36.3 Å². The third-order valence-corrected chi connectivity index (χ3v) is 6.09. The monoisotopic (exact) mass is 417 g/mol. The minimum atomic E-state index is -0.397. The summed E-state index contributed by atoms with van der Waals surface area (Å²) in [7, 11) is 0. The number of aromatic nitrogens is 3. The van der Waals surface area contributed by atoms with Gasteiger partial charge in [-0.1, -0.05) is 24.3 Å². The summed E-state index contributed by atoms with van der Waals surface area (Å²) in [4.78, 5) is 13.9. The third kappa shape index (κ3) is 3.80. The molecule has 2 aromatic heterocycles. The summed E-state index contributed by atoms with van der Waals surface area (Å²) in [6.07, 6.45) is 17.9. The normalized spacial score (nSPS) is 28.5. The highest BCUT2D eigenvalue weighted by molar-refractivity contribution is 5.74. The van der Waals surface area contributed by atoms with E-state index in [9.17, 15) is 0 Å². The molecule has 0 aromatic carbocycles. The van der Waals surface area contributed by atoms with E-state index in [0.29, 0.717) is 13.2 Å². The quantitative estimate of drug-likeness (QED) is 0.779. The molecule has 3 aliphatic rings. The van der Waals surface area contributed by atoms with Crippen LogP contribution in [0.5, 0.6) is 0 Å². The first kappa shape index (κ1) is 19.7. The summed E-state index contributed by atoms with van der Waals surface area (Å²) in [5, 5.41) is 11.1. The van der Waals surface area contributed by atoms with Crippen molar-refractivity contribution < 1.29 is 4.74 Å². The summed E-state index contributed by atoms with van der Waals surface area (Å²) in [6.45, 7) is 5.34. The summed E-state index contributed by atoms with van der Waals surface area (Å²) in [5.74, 6) is 1.03. The summed E-state index contributed by atoms with van der Waals surface area (Å²) in [5.41, 5.74) is 1.54. The van der Waals surface area contributed by atoms with Gasteiger partial charge in [0.1, 0.15) is 5.82 Å². The molecule has 4 heterocycles. The maximum absolute atomic E-state index is 5.61. The average Bonchev–Trinajstić information content (AvgIpc) is 3.35. The lowest BCUT2D eigenvalue weighted by Crippen LogP contribution is -2.61. The number of allylic oxidation sites excluding steroid dienone is 3. The Morgan fingerprint density at radius 1 is 1.23 bits per heavy atom. The smallest absolute Gasteiger partial charge is 0.180 e. The van der Waals surface area contributed by atoms with Crippen LogP contribution in [0.4, 0.5) is 5.69 Å². The number of H-pyrrole nitrogens is 1. The van der Waals surface area contributed by atoms with Gasteiger partial charge in [0.2, 0.25) is 0 Å². The first-order chi connectivity index (χ1) is 15.3. The second kappa shape index (κ2) is 8.49. The Labute approximate surface area is 182 Å². The van der Waals surface area contributed by atoms with Crippen LogP contribution in [0, 0.1) is 0 Å². The molecule has 0 bridgehead atoms. The number of anilines is 1. The number of nitrogens with zero attached hydrogens (tertiary/aromatic N) is 5. The highest BCUT2D eigenvalue weighted by atomic mass is 16.5. The number of ether oxygens (including phenoxy) is 1. The van der Waals surface area contributed by atoms with E-state index in [0.717, 1.165) is 30.3 Å². The van der Waals surface area contributed by atoms with Crippen molar-refractivity contribution in [2.75, 3.05) is 31.6 Å². The van der Waals surface area contributed by atoms with E-state index in [1.54, 1.807) is 6.20 Å². The topological polar surface area (TPSA) is 81.7 Å². The van der Waals surface area contributed by atoms with Gasteiger partial charge in [-0.2, -0.15) is 5.10 Å². The van der Waals surface area contributed by atoms with E-state index < -0.39 is 5.54 Å². The predicted octanol–water partition coefficient (Wildman–Crippen LogP) is 2.73. The Kier molecular flexibility index (Phi) is 5.40. The van der Waals surface area contributed by atoms with Gasteiger partial charge in [0, 0.05) is 37.6 Å². The summed E-state index contributed by atoms with van der Waals surface area (Å²) in [6, 6.07) is 5.99. The fourth-order valence-electron chi connectivity index (χ4n) is 4.52. The molecule has 3 atom stereocenters. The van der Waals surface area contributed by atoms with Crippen LogP contribution in [0.1, 0.15) is 18.5 Å². The molecule has 0 amide bonds. The molecule has 1 fully saturated rings. The molecule has 8 heteroatoms.